The van der Waals surface area contributed by atoms with Gasteiger partial charge in [-0.05, 0) is 27.9 Å². The van der Waals surface area contributed by atoms with E-state index in [1.807, 2.05) is 0 Å². The van der Waals surface area contributed by atoms with Crippen LogP contribution < -0.4 is 0 Å². The predicted octanol–water partition coefficient (Wildman–Crippen LogP) is 4.12. The Morgan fingerprint density at radius 2 is 2.36 bits per heavy atom. The molecule has 14 heavy (non-hydrogen) atoms. The standard InChI is InChI=1S/C10H13BrFNS/c1-3-7(2)6-14-10-9(12)4-8(11)5-13-10/h4-5,7H,3,6H2,1-2H3. The molecule has 1 rings (SSSR count). The Kier molecular flexibility index (Phi) is 4.89. The smallest absolute Gasteiger partial charge is 0.156 e. The highest BCUT2D eigenvalue weighted by atomic mass is 79.9. The summed E-state index contributed by atoms with van der Waals surface area (Å²) < 4.78 is 14.0. The summed E-state index contributed by atoms with van der Waals surface area (Å²) in [6.07, 6.45) is 2.74. The number of rotatable bonds is 4. The Hall–Kier alpha value is -0.0900. The molecule has 1 heterocycles. The largest absolute Gasteiger partial charge is 0.246 e. The highest BCUT2D eigenvalue weighted by Crippen LogP contribution is 2.24. The minimum atomic E-state index is -0.243. The molecule has 0 bridgehead atoms. The van der Waals surface area contributed by atoms with E-state index in [0.717, 1.165) is 12.2 Å². The normalized spacial score (nSPS) is 12.9. The molecule has 0 radical (unpaired) electrons. The summed E-state index contributed by atoms with van der Waals surface area (Å²) >= 11 is 4.66. The van der Waals surface area contributed by atoms with Crippen molar-refractivity contribution in [2.24, 2.45) is 5.92 Å². The van der Waals surface area contributed by atoms with Gasteiger partial charge in [-0.25, -0.2) is 9.37 Å². The Morgan fingerprint density at radius 3 is 2.93 bits per heavy atom. The molecule has 0 amide bonds. The number of halogens is 2. The second kappa shape index (κ2) is 5.71. The van der Waals surface area contributed by atoms with Crippen molar-refractivity contribution in [2.45, 2.75) is 25.3 Å². The van der Waals surface area contributed by atoms with Crippen LogP contribution in [0.5, 0.6) is 0 Å². The van der Waals surface area contributed by atoms with Crippen molar-refractivity contribution >= 4 is 27.7 Å². The van der Waals surface area contributed by atoms with Gasteiger partial charge < -0.3 is 0 Å². The molecule has 78 valence electrons. The SMILES string of the molecule is CCC(C)CSc1ncc(Br)cc1F. The molecule has 1 aromatic rings. The summed E-state index contributed by atoms with van der Waals surface area (Å²) in [6, 6.07) is 1.45. The molecule has 1 atom stereocenters. The van der Waals surface area contributed by atoms with Gasteiger partial charge in [0.1, 0.15) is 5.03 Å². The molecule has 1 aromatic heterocycles. The quantitative estimate of drug-likeness (QED) is 0.768. The molecule has 0 N–H and O–H groups in total. The Morgan fingerprint density at radius 1 is 1.64 bits per heavy atom. The van der Waals surface area contributed by atoms with Crippen LogP contribution in [0.25, 0.3) is 0 Å². The van der Waals surface area contributed by atoms with Crippen LogP contribution in [0.3, 0.4) is 0 Å². The first-order chi connectivity index (χ1) is 6.63. The Balaban J connectivity index is 2.59. The van der Waals surface area contributed by atoms with Crippen LogP contribution in [-0.4, -0.2) is 10.7 Å². The fourth-order valence-electron chi connectivity index (χ4n) is 0.847. The van der Waals surface area contributed by atoms with E-state index in [9.17, 15) is 4.39 Å². The number of hydrogen-bond donors (Lipinski definition) is 0. The van der Waals surface area contributed by atoms with Gasteiger partial charge in [0.2, 0.25) is 0 Å². The van der Waals surface area contributed by atoms with E-state index in [1.54, 1.807) is 6.20 Å². The predicted molar refractivity (Wildman–Crippen MR) is 62.1 cm³/mol. The lowest BCUT2D eigenvalue weighted by atomic mass is 10.2. The first-order valence-corrected chi connectivity index (χ1v) is 6.35. The number of pyridine rings is 1. The van der Waals surface area contributed by atoms with Gasteiger partial charge in [0.15, 0.2) is 5.82 Å². The zero-order valence-electron chi connectivity index (χ0n) is 8.26. The summed E-state index contributed by atoms with van der Waals surface area (Å²) in [5, 5.41) is 0.494. The Labute approximate surface area is 96.6 Å². The van der Waals surface area contributed by atoms with Crippen LogP contribution in [0.4, 0.5) is 4.39 Å². The second-order valence-electron chi connectivity index (χ2n) is 3.26. The third-order valence-corrected chi connectivity index (χ3v) is 3.72. The van der Waals surface area contributed by atoms with Crippen molar-refractivity contribution in [1.82, 2.24) is 4.98 Å². The molecule has 4 heteroatoms. The zero-order valence-corrected chi connectivity index (χ0v) is 10.7. The summed E-state index contributed by atoms with van der Waals surface area (Å²) in [7, 11) is 0. The average molecular weight is 278 g/mol. The minimum Gasteiger partial charge on any atom is -0.246 e. The van der Waals surface area contributed by atoms with Gasteiger partial charge in [-0.2, -0.15) is 0 Å². The summed E-state index contributed by atoms with van der Waals surface area (Å²) in [6.45, 7) is 4.29. The summed E-state index contributed by atoms with van der Waals surface area (Å²) in [4.78, 5) is 4.03. The van der Waals surface area contributed by atoms with E-state index in [4.69, 9.17) is 0 Å². The third-order valence-electron chi connectivity index (χ3n) is 1.98. The van der Waals surface area contributed by atoms with Crippen molar-refractivity contribution in [2.75, 3.05) is 5.75 Å². The van der Waals surface area contributed by atoms with Gasteiger partial charge in [0.05, 0.1) is 0 Å². The summed E-state index contributed by atoms with van der Waals surface area (Å²) in [5.41, 5.74) is 0. The average Bonchev–Trinajstić information content (AvgIpc) is 2.16. The molecule has 0 aliphatic heterocycles. The van der Waals surface area contributed by atoms with Gasteiger partial charge >= 0.3 is 0 Å². The molecule has 0 saturated carbocycles. The van der Waals surface area contributed by atoms with Crippen LogP contribution >= 0.6 is 27.7 Å². The number of hydrogen-bond acceptors (Lipinski definition) is 2. The van der Waals surface area contributed by atoms with Crippen molar-refractivity contribution in [3.63, 3.8) is 0 Å². The lowest BCUT2D eigenvalue weighted by Gasteiger charge is -2.07. The van der Waals surface area contributed by atoms with Crippen LogP contribution in [0.2, 0.25) is 0 Å². The molecule has 0 saturated heterocycles. The number of thioether (sulfide) groups is 1. The fraction of sp³-hybridized carbons (Fsp3) is 0.500. The molecule has 0 aliphatic carbocycles. The Bertz CT molecular complexity index is 306. The van der Waals surface area contributed by atoms with Crippen LogP contribution in [0.1, 0.15) is 20.3 Å². The van der Waals surface area contributed by atoms with Gasteiger partial charge in [0, 0.05) is 16.4 Å². The molecule has 0 aliphatic rings. The minimum absolute atomic E-state index is 0.243. The molecule has 1 unspecified atom stereocenters. The van der Waals surface area contributed by atoms with Gasteiger partial charge in [0.25, 0.3) is 0 Å². The van der Waals surface area contributed by atoms with Crippen LogP contribution in [0.15, 0.2) is 21.8 Å². The third kappa shape index (κ3) is 3.58. The van der Waals surface area contributed by atoms with Crippen molar-refractivity contribution < 1.29 is 4.39 Å². The van der Waals surface area contributed by atoms with Crippen LogP contribution in [0, 0.1) is 11.7 Å². The van der Waals surface area contributed by atoms with E-state index >= 15 is 0 Å². The van der Waals surface area contributed by atoms with Gasteiger partial charge in [-0.15, -0.1) is 11.8 Å². The zero-order chi connectivity index (χ0) is 10.6. The van der Waals surface area contributed by atoms with Gasteiger partial charge in [-0.1, -0.05) is 20.3 Å². The van der Waals surface area contributed by atoms with Crippen molar-refractivity contribution in [3.8, 4) is 0 Å². The maximum absolute atomic E-state index is 13.3. The molecule has 0 spiro atoms. The highest BCUT2D eigenvalue weighted by molar-refractivity contribution is 9.10. The van der Waals surface area contributed by atoms with E-state index in [0.29, 0.717) is 15.4 Å². The van der Waals surface area contributed by atoms with Gasteiger partial charge in [-0.3, -0.25) is 0 Å². The summed E-state index contributed by atoms with van der Waals surface area (Å²) in [5.74, 6) is 1.28. The van der Waals surface area contributed by atoms with E-state index in [-0.39, 0.29) is 5.82 Å². The second-order valence-corrected chi connectivity index (χ2v) is 5.19. The maximum Gasteiger partial charge on any atom is 0.156 e. The molecule has 0 fully saturated rings. The monoisotopic (exact) mass is 277 g/mol. The topological polar surface area (TPSA) is 12.9 Å². The molecule has 0 aromatic carbocycles. The molecular weight excluding hydrogens is 265 g/mol. The lowest BCUT2D eigenvalue weighted by molar-refractivity contribution is 0.584. The fourth-order valence-corrected chi connectivity index (χ4v) is 2.15. The first kappa shape index (κ1) is 12.0. The lowest BCUT2D eigenvalue weighted by Crippen LogP contribution is -1.97. The maximum atomic E-state index is 13.3. The van der Waals surface area contributed by atoms with Crippen molar-refractivity contribution in [3.05, 3.63) is 22.6 Å². The number of nitrogens with zero attached hydrogens (tertiary/aromatic N) is 1. The molecule has 1 nitrogen and oxygen atoms in total. The highest BCUT2D eigenvalue weighted by Gasteiger charge is 2.07. The van der Waals surface area contributed by atoms with E-state index in [1.165, 1.54) is 17.8 Å². The molecular formula is C10H13BrFNS. The van der Waals surface area contributed by atoms with E-state index in [2.05, 4.69) is 34.8 Å². The van der Waals surface area contributed by atoms with Crippen molar-refractivity contribution in [1.29, 1.82) is 0 Å². The number of aromatic nitrogens is 1. The van der Waals surface area contributed by atoms with Crippen LogP contribution in [-0.2, 0) is 0 Å². The van der Waals surface area contributed by atoms with E-state index < -0.39 is 0 Å². The first-order valence-electron chi connectivity index (χ1n) is 4.57.